The molecule has 0 saturated carbocycles. The summed E-state index contributed by atoms with van der Waals surface area (Å²) in [5, 5.41) is 2.97. The number of nitrogens with one attached hydrogen (secondary N) is 1. The lowest BCUT2D eigenvalue weighted by molar-refractivity contribution is 0.417. The van der Waals surface area contributed by atoms with E-state index < -0.39 is 15.8 Å². The summed E-state index contributed by atoms with van der Waals surface area (Å²) in [7, 11) is -2.22. The van der Waals surface area contributed by atoms with Crippen molar-refractivity contribution in [2.75, 3.05) is 20.1 Å². The zero-order valence-electron chi connectivity index (χ0n) is 12.8. The lowest BCUT2D eigenvalue weighted by atomic mass is 10.2. The van der Waals surface area contributed by atoms with Crippen LogP contribution in [0.2, 0.25) is 5.02 Å². The van der Waals surface area contributed by atoms with Crippen LogP contribution in [0.5, 0.6) is 0 Å². The number of nitrogens with zero attached hydrogens (tertiary/aromatic N) is 1. The molecule has 120 valence electrons. The molecule has 0 aromatic heterocycles. The van der Waals surface area contributed by atoms with Gasteiger partial charge in [0.15, 0.2) is 0 Å². The molecule has 0 radical (unpaired) electrons. The monoisotopic (exact) mass is 336 g/mol. The molecule has 0 aliphatic rings. The van der Waals surface area contributed by atoms with Gasteiger partial charge in [0.05, 0.1) is 9.92 Å². The molecule has 0 heterocycles. The van der Waals surface area contributed by atoms with E-state index >= 15 is 0 Å². The Labute approximate surface area is 131 Å². The number of benzene rings is 1. The molecule has 0 aliphatic heterocycles. The molecule has 21 heavy (non-hydrogen) atoms. The van der Waals surface area contributed by atoms with Crippen molar-refractivity contribution in [3.8, 4) is 0 Å². The molecule has 1 N–H and O–H groups in total. The Morgan fingerprint density at radius 2 is 2.00 bits per heavy atom. The molecule has 1 rings (SSSR count). The average molecular weight is 337 g/mol. The van der Waals surface area contributed by atoms with E-state index in [-0.39, 0.29) is 15.8 Å². The van der Waals surface area contributed by atoms with Gasteiger partial charge in [-0.2, -0.15) is 0 Å². The maximum atomic E-state index is 13.9. The second-order valence-electron chi connectivity index (χ2n) is 5.34. The number of hydrogen-bond donors (Lipinski definition) is 1. The Kier molecular flexibility index (Phi) is 6.59. The molecule has 0 aliphatic carbocycles. The second kappa shape index (κ2) is 7.54. The zero-order valence-corrected chi connectivity index (χ0v) is 14.4. The van der Waals surface area contributed by atoms with Gasteiger partial charge in [0, 0.05) is 20.1 Å². The summed E-state index contributed by atoms with van der Waals surface area (Å²) in [5.74, 6) is -0.535. The molecule has 4 nitrogen and oxygen atoms in total. The van der Waals surface area contributed by atoms with Crippen LogP contribution in [-0.4, -0.2) is 32.9 Å². The van der Waals surface area contributed by atoms with Crippen molar-refractivity contribution >= 4 is 21.6 Å². The van der Waals surface area contributed by atoms with Crippen molar-refractivity contribution in [1.82, 2.24) is 9.62 Å². The van der Waals surface area contributed by atoms with Crippen LogP contribution in [0.3, 0.4) is 0 Å². The largest absolute Gasteiger partial charge is 0.313 e. The van der Waals surface area contributed by atoms with Crippen molar-refractivity contribution in [2.24, 2.45) is 5.92 Å². The van der Waals surface area contributed by atoms with Crippen LogP contribution in [0, 0.1) is 11.7 Å². The van der Waals surface area contributed by atoms with Crippen molar-refractivity contribution in [2.45, 2.75) is 32.2 Å². The van der Waals surface area contributed by atoms with Crippen LogP contribution < -0.4 is 5.32 Å². The second-order valence-corrected chi connectivity index (χ2v) is 7.76. The van der Waals surface area contributed by atoms with Crippen LogP contribution >= 0.6 is 11.6 Å². The first-order chi connectivity index (χ1) is 9.70. The number of halogens is 2. The maximum Gasteiger partial charge on any atom is 0.242 e. The topological polar surface area (TPSA) is 49.4 Å². The Hall–Kier alpha value is -0.690. The van der Waals surface area contributed by atoms with Gasteiger partial charge in [-0.05, 0) is 30.2 Å². The molecule has 0 spiro atoms. The maximum absolute atomic E-state index is 13.9. The van der Waals surface area contributed by atoms with E-state index in [1.807, 2.05) is 20.8 Å². The van der Waals surface area contributed by atoms with E-state index in [0.717, 1.165) is 6.07 Å². The molecule has 1 aromatic rings. The summed E-state index contributed by atoms with van der Waals surface area (Å²) in [6, 6.07) is 2.41. The highest BCUT2D eigenvalue weighted by atomic mass is 35.5. The van der Waals surface area contributed by atoms with E-state index in [2.05, 4.69) is 5.32 Å². The Morgan fingerprint density at radius 3 is 2.52 bits per heavy atom. The van der Waals surface area contributed by atoms with Gasteiger partial charge in [-0.3, -0.25) is 0 Å². The first kappa shape index (κ1) is 18.4. The number of rotatable bonds is 7. The molecule has 0 unspecified atom stereocenters. The fourth-order valence-corrected chi connectivity index (χ4v) is 3.52. The number of sulfonamides is 1. The summed E-state index contributed by atoms with van der Waals surface area (Å²) < 4.78 is 40.0. The first-order valence-electron chi connectivity index (χ1n) is 6.85. The highest BCUT2D eigenvalue weighted by Gasteiger charge is 2.24. The highest BCUT2D eigenvalue weighted by Crippen LogP contribution is 2.26. The van der Waals surface area contributed by atoms with Crippen LogP contribution in [-0.2, 0) is 16.6 Å². The summed E-state index contributed by atoms with van der Waals surface area (Å²) >= 11 is 5.89. The average Bonchev–Trinajstić information content (AvgIpc) is 2.39. The SMILES string of the molecule is CCNCc1cc(S(=O)(=O)N(C)CC(C)C)cc(F)c1Cl. The molecular formula is C14H22ClFN2O2S. The lowest BCUT2D eigenvalue weighted by Gasteiger charge is -2.20. The minimum Gasteiger partial charge on any atom is -0.313 e. The smallest absolute Gasteiger partial charge is 0.242 e. The summed E-state index contributed by atoms with van der Waals surface area (Å²) in [5.41, 5.74) is 0.440. The highest BCUT2D eigenvalue weighted by molar-refractivity contribution is 7.89. The van der Waals surface area contributed by atoms with Crippen molar-refractivity contribution < 1.29 is 12.8 Å². The third kappa shape index (κ3) is 4.64. The van der Waals surface area contributed by atoms with Crippen molar-refractivity contribution in [3.63, 3.8) is 0 Å². The minimum absolute atomic E-state index is 0.0404. The van der Waals surface area contributed by atoms with E-state index in [1.165, 1.54) is 17.4 Å². The molecule has 0 bridgehead atoms. The van der Waals surface area contributed by atoms with Crippen molar-refractivity contribution in [3.05, 3.63) is 28.5 Å². The van der Waals surface area contributed by atoms with Gasteiger partial charge in [0.25, 0.3) is 0 Å². The van der Waals surface area contributed by atoms with E-state index in [4.69, 9.17) is 11.6 Å². The zero-order chi connectivity index (χ0) is 16.2. The van der Waals surface area contributed by atoms with E-state index in [0.29, 0.717) is 25.2 Å². The minimum atomic E-state index is -3.71. The van der Waals surface area contributed by atoms with Gasteiger partial charge in [0.2, 0.25) is 10.0 Å². The lowest BCUT2D eigenvalue weighted by Crippen LogP contribution is -2.30. The van der Waals surface area contributed by atoms with E-state index in [9.17, 15) is 12.8 Å². The summed E-state index contributed by atoms with van der Waals surface area (Å²) in [6.45, 7) is 7.12. The fraction of sp³-hybridized carbons (Fsp3) is 0.571. The van der Waals surface area contributed by atoms with Gasteiger partial charge in [-0.25, -0.2) is 17.1 Å². The standard InChI is InChI=1S/C14H22ClFN2O2S/c1-5-17-8-11-6-12(7-13(16)14(11)15)21(19,20)18(4)9-10(2)3/h6-7,10,17H,5,8-9H2,1-4H3. The quantitative estimate of drug-likeness (QED) is 0.833. The van der Waals surface area contributed by atoms with Gasteiger partial charge < -0.3 is 5.32 Å². The molecule has 7 heteroatoms. The summed E-state index contributed by atoms with van der Waals surface area (Å²) in [4.78, 5) is -0.0690. The van der Waals surface area contributed by atoms with Crippen LogP contribution in [0.4, 0.5) is 4.39 Å². The predicted octanol–water partition coefficient (Wildman–Crippen LogP) is 2.87. The fourth-order valence-electron chi connectivity index (χ4n) is 1.95. The Bertz CT molecular complexity index is 591. The molecular weight excluding hydrogens is 315 g/mol. The van der Waals surface area contributed by atoms with Crippen molar-refractivity contribution in [1.29, 1.82) is 0 Å². The molecule has 1 aromatic carbocycles. The number of hydrogen-bond acceptors (Lipinski definition) is 3. The van der Waals surface area contributed by atoms with Gasteiger partial charge >= 0.3 is 0 Å². The molecule has 0 saturated heterocycles. The normalized spacial score (nSPS) is 12.4. The van der Waals surface area contributed by atoms with Crippen LogP contribution in [0.15, 0.2) is 17.0 Å². The van der Waals surface area contributed by atoms with E-state index in [1.54, 1.807) is 0 Å². The summed E-state index contributed by atoms with van der Waals surface area (Å²) in [6.07, 6.45) is 0. The predicted molar refractivity (Wildman–Crippen MR) is 83.4 cm³/mol. The molecule has 0 fully saturated rings. The van der Waals surface area contributed by atoms with Gasteiger partial charge in [-0.1, -0.05) is 32.4 Å². The van der Waals surface area contributed by atoms with Gasteiger partial charge in [0.1, 0.15) is 5.82 Å². The molecule has 0 atom stereocenters. The first-order valence-corrected chi connectivity index (χ1v) is 8.66. The van der Waals surface area contributed by atoms with Crippen LogP contribution in [0.25, 0.3) is 0 Å². The molecule has 0 amide bonds. The van der Waals surface area contributed by atoms with Crippen LogP contribution in [0.1, 0.15) is 26.3 Å². The van der Waals surface area contributed by atoms with Gasteiger partial charge in [-0.15, -0.1) is 0 Å². The third-order valence-corrected chi connectivity index (χ3v) is 5.20. The Balaban J connectivity index is 3.20. The Morgan fingerprint density at radius 1 is 1.38 bits per heavy atom. The third-order valence-electron chi connectivity index (χ3n) is 2.97.